The number of carbonyl (C=O) groups is 1. The number of carbonyl (C=O) groups excluding carboxylic acids is 1. The molecule has 1 amide bonds. The van der Waals surface area contributed by atoms with Crippen LogP contribution in [0, 0.1) is 10.1 Å². The van der Waals surface area contributed by atoms with E-state index in [-0.39, 0.29) is 17.3 Å². The number of hydrogen-bond acceptors (Lipinski definition) is 4. The van der Waals surface area contributed by atoms with Gasteiger partial charge in [0, 0.05) is 29.9 Å². The smallest absolute Gasteiger partial charge is 0.276 e. The van der Waals surface area contributed by atoms with Crippen molar-refractivity contribution in [1.29, 1.82) is 0 Å². The summed E-state index contributed by atoms with van der Waals surface area (Å²) >= 11 is 5.86. The zero-order valence-corrected chi connectivity index (χ0v) is 11.6. The number of benzene rings is 1. The van der Waals surface area contributed by atoms with Crippen LogP contribution in [0.15, 0.2) is 36.5 Å². The molecule has 0 saturated heterocycles. The van der Waals surface area contributed by atoms with E-state index in [0.717, 1.165) is 5.56 Å². The molecule has 106 valence electrons. The minimum atomic E-state index is -0.473. The minimum absolute atomic E-state index is 0.0347. The number of anilines is 1. The number of nitro benzene ring substituents is 1. The van der Waals surface area contributed by atoms with Gasteiger partial charge in [-0.3, -0.25) is 19.9 Å². The third kappa shape index (κ3) is 2.45. The Hall–Kier alpha value is -2.47. The van der Waals surface area contributed by atoms with Gasteiger partial charge in [-0.05, 0) is 24.1 Å². The number of amides is 1. The van der Waals surface area contributed by atoms with Crippen LogP contribution < -0.4 is 4.90 Å². The van der Waals surface area contributed by atoms with Crippen LogP contribution >= 0.6 is 11.6 Å². The Kier molecular flexibility index (Phi) is 3.31. The molecule has 0 saturated carbocycles. The molecule has 0 unspecified atom stereocenters. The van der Waals surface area contributed by atoms with Gasteiger partial charge in [0.05, 0.1) is 10.6 Å². The standard InChI is InChI=1S/C14H10ClN3O3/c15-10-3-5-16-12(7-10)14(19)17-6-4-9-1-2-11(18(20)21)8-13(9)17/h1-3,5,7-8H,4,6H2. The number of hydrogen-bond donors (Lipinski definition) is 0. The molecule has 6 nitrogen and oxygen atoms in total. The Bertz CT molecular complexity index is 748. The van der Waals surface area contributed by atoms with Crippen molar-refractivity contribution < 1.29 is 9.72 Å². The Morgan fingerprint density at radius 2 is 2.14 bits per heavy atom. The van der Waals surface area contributed by atoms with Crippen molar-refractivity contribution >= 4 is 28.9 Å². The summed E-state index contributed by atoms with van der Waals surface area (Å²) in [6.45, 7) is 0.476. The lowest BCUT2D eigenvalue weighted by atomic mass is 10.1. The van der Waals surface area contributed by atoms with E-state index in [4.69, 9.17) is 11.6 Å². The summed E-state index contributed by atoms with van der Waals surface area (Å²) in [6.07, 6.45) is 2.12. The van der Waals surface area contributed by atoms with Crippen LogP contribution in [0.25, 0.3) is 0 Å². The largest absolute Gasteiger partial charge is 0.306 e. The van der Waals surface area contributed by atoms with Gasteiger partial charge in [0.25, 0.3) is 11.6 Å². The van der Waals surface area contributed by atoms with E-state index in [1.54, 1.807) is 12.1 Å². The summed E-state index contributed by atoms with van der Waals surface area (Å²) in [6, 6.07) is 7.63. The van der Waals surface area contributed by atoms with Gasteiger partial charge < -0.3 is 4.90 Å². The molecule has 21 heavy (non-hydrogen) atoms. The van der Waals surface area contributed by atoms with Crippen molar-refractivity contribution in [3.05, 3.63) is 62.9 Å². The first-order chi connectivity index (χ1) is 10.1. The monoisotopic (exact) mass is 303 g/mol. The van der Waals surface area contributed by atoms with E-state index in [1.165, 1.54) is 29.3 Å². The predicted molar refractivity (Wildman–Crippen MR) is 77.7 cm³/mol. The van der Waals surface area contributed by atoms with Crippen LogP contribution in [0.2, 0.25) is 5.02 Å². The summed E-state index contributed by atoms with van der Waals surface area (Å²) < 4.78 is 0. The number of halogens is 1. The topological polar surface area (TPSA) is 76.3 Å². The maximum Gasteiger partial charge on any atom is 0.276 e. The SMILES string of the molecule is O=C(c1cc(Cl)ccn1)N1CCc2ccc([N+](=O)[O-])cc21. The minimum Gasteiger partial charge on any atom is -0.306 e. The molecule has 0 bridgehead atoms. The lowest BCUT2D eigenvalue weighted by Crippen LogP contribution is -2.29. The van der Waals surface area contributed by atoms with Gasteiger partial charge in [-0.15, -0.1) is 0 Å². The molecule has 0 fully saturated rings. The first kappa shape index (κ1) is 13.5. The van der Waals surface area contributed by atoms with Gasteiger partial charge in [0.15, 0.2) is 0 Å². The first-order valence-electron chi connectivity index (χ1n) is 6.27. The van der Waals surface area contributed by atoms with Crippen molar-refractivity contribution in [2.45, 2.75) is 6.42 Å². The van der Waals surface area contributed by atoms with Gasteiger partial charge in [0.1, 0.15) is 5.69 Å². The van der Waals surface area contributed by atoms with E-state index in [9.17, 15) is 14.9 Å². The number of pyridine rings is 1. The lowest BCUT2D eigenvalue weighted by Gasteiger charge is -2.16. The molecule has 2 heterocycles. The highest BCUT2D eigenvalue weighted by Crippen LogP contribution is 2.32. The van der Waals surface area contributed by atoms with Crippen LogP contribution in [-0.4, -0.2) is 22.4 Å². The van der Waals surface area contributed by atoms with E-state index < -0.39 is 4.92 Å². The van der Waals surface area contributed by atoms with Crippen molar-refractivity contribution in [2.75, 3.05) is 11.4 Å². The Morgan fingerprint density at radius 3 is 2.86 bits per heavy atom. The molecule has 1 aliphatic heterocycles. The number of nitrogens with zero attached hydrogens (tertiary/aromatic N) is 3. The average molecular weight is 304 g/mol. The van der Waals surface area contributed by atoms with Gasteiger partial charge in [0.2, 0.25) is 0 Å². The zero-order chi connectivity index (χ0) is 15.0. The fraction of sp³-hybridized carbons (Fsp3) is 0.143. The lowest BCUT2D eigenvalue weighted by molar-refractivity contribution is -0.384. The van der Waals surface area contributed by atoms with E-state index in [0.29, 0.717) is 23.7 Å². The summed E-state index contributed by atoms with van der Waals surface area (Å²) in [5.41, 5.74) is 1.67. The van der Waals surface area contributed by atoms with Crippen molar-refractivity contribution in [3.8, 4) is 0 Å². The second-order valence-corrected chi connectivity index (χ2v) is 5.07. The molecule has 0 radical (unpaired) electrons. The van der Waals surface area contributed by atoms with Crippen LogP contribution in [0.4, 0.5) is 11.4 Å². The summed E-state index contributed by atoms with van der Waals surface area (Å²) in [5, 5.41) is 11.3. The summed E-state index contributed by atoms with van der Waals surface area (Å²) in [7, 11) is 0. The fourth-order valence-electron chi connectivity index (χ4n) is 2.35. The van der Waals surface area contributed by atoms with Crippen LogP contribution in [0.1, 0.15) is 16.1 Å². The van der Waals surface area contributed by atoms with Crippen molar-refractivity contribution in [3.63, 3.8) is 0 Å². The number of fused-ring (bicyclic) bond motifs is 1. The van der Waals surface area contributed by atoms with Crippen LogP contribution in [0.3, 0.4) is 0 Å². The highest BCUT2D eigenvalue weighted by atomic mass is 35.5. The molecule has 1 aromatic heterocycles. The predicted octanol–water partition coefficient (Wildman–Crippen LogP) is 2.85. The number of non-ortho nitro benzene ring substituents is 1. The van der Waals surface area contributed by atoms with Gasteiger partial charge in [-0.1, -0.05) is 17.7 Å². The molecule has 1 aromatic carbocycles. The van der Waals surface area contributed by atoms with Gasteiger partial charge >= 0.3 is 0 Å². The molecule has 2 aromatic rings. The maximum atomic E-state index is 12.5. The average Bonchev–Trinajstić information content (AvgIpc) is 2.89. The molecule has 7 heteroatoms. The molecular weight excluding hydrogens is 294 g/mol. The molecule has 0 N–H and O–H groups in total. The third-order valence-electron chi connectivity index (χ3n) is 3.36. The third-order valence-corrected chi connectivity index (χ3v) is 3.60. The van der Waals surface area contributed by atoms with E-state index in [1.807, 2.05) is 0 Å². The Morgan fingerprint density at radius 1 is 1.33 bits per heavy atom. The first-order valence-corrected chi connectivity index (χ1v) is 6.65. The quantitative estimate of drug-likeness (QED) is 0.631. The summed E-state index contributed by atoms with van der Waals surface area (Å²) in [4.78, 5) is 28.4. The highest BCUT2D eigenvalue weighted by Gasteiger charge is 2.28. The second kappa shape index (κ2) is 5.14. The molecule has 1 aliphatic rings. The molecule has 0 aliphatic carbocycles. The zero-order valence-electron chi connectivity index (χ0n) is 10.8. The van der Waals surface area contributed by atoms with Gasteiger partial charge in [-0.25, -0.2) is 0 Å². The summed E-state index contributed by atoms with van der Waals surface area (Å²) in [5.74, 6) is -0.309. The highest BCUT2D eigenvalue weighted by molar-refractivity contribution is 6.31. The number of rotatable bonds is 2. The number of nitro groups is 1. The van der Waals surface area contributed by atoms with Gasteiger partial charge in [-0.2, -0.15) is 0 Å². The van der Waals surface area contributed by atoms with Crippen molar-refractivity contribution in [2.24, 2.45) is 0 Å². The molecule has 0 spiro atoms. The van der Waals surface area contributed by atoms with E-state index in [2.05, 4.69) is 4.98 Å². The normalized spacial score (nSPS) is 13.1. The van der Waals surface area contributed by atoms with Crippen molar-refractivity contribution in [1.82, 2.24) is 4.98 Å². The maximum absolute atomic E-state index is 12.5. The Balaban J connectivity index is 1.98. The van der Waals surface area contributed by atoms with Crippen LogP contribution in [0.5, 0.6) is 0 Å². The Labute approximate surface area is 125 Å². The molecule has 3 rings (SSSR count). The molecule has 0 atom stereocenters. The van der Waals surface area contributed by atoms with Crippen LogP contribution in [-0.2, 0) is 6.42 Å². The number of aromatic nitrogens is 1. The fourth-order valence-corrected chi connectivity index (χ4v) is 2.51. The second-order valence-electron chi connectivity index (χ2n) is 4.64. The van der Waals surface area contributed by atoms with E-state index >= 15 is 0 Å². The molecular formula is C14H10ClN3O3.